The van der Waals surface area contributed by atoms with Crippen molar-refractivity contribution in [3.8, 4) is 0 Å². The van der Waals surface area contributed by atoms with Crippen LogP contribution in [-0.4, -0.2) is 57.6 Å². The summed E-state index contributed by atoms with van der Waals surface area (Å²) in [7, 11) is 0. The summed E-state index contributed by atoms with van der Waals surface area (Å²) in [6.07, 6.45) is -5.10. The van der Waals surface area contributed by atoms with E-state index in [9.17, 15) is 15.3 Å². The summed E-state index contributed by atoms with van der Waals surface area (Å²) in [5, 5.41) is 37.8. The van der Waals surface area contributed by atoms with Crippen LogP contribution in [0.5, 0.6) is 0 Å². The molecule has 0 aromatic heterocycles. The topological polar surface area (TPSA) is 90.2 Å². The van der Waals surface area contributed by atoms with Crippen LogP contribution in [0.15, 0.2) is 0 Å². The third-order valence-corrected chi connectivity index (χ3v) is 2.75. The Morgan fingerprint density at radius 3 is 1.93 bits per heavy atom. The molecule has 1 rings (SSSR count). The van der Waals surface area contributed by atoms with Crippen LogP contribution in [0.1, 0.15) is 20.8 Å². The third kappa shape index (κ3) is 2.49. The molecule has 0 saturated carbocycles. The van der Waals surface area contributed by atoms with Gasteiger partial charge in [-0.3, -0.25) is 0 Å². The first-order valence-corrected chi connectivity index (χ1v) is 5.09. The van der Waals surface area contributed by atoms with Gasteiger partial charge in [0.25, 0.3) is 0 Å². The molecule has 0 aliphatic carbocycles. The van der Waals surface area contributed by atoms with Crippen LogP contribution in [0.3, 0.4) is 0 Å². The first-order chi connectivity index (χ1) is 6.79. The molecular formula is C10H20O5. The largest absolute Gasteiger partial charge is 0.394 e. The Morgan fingerprint density at radius 2 is 1.53 bits per heavy atom. The Kier molecular flexibility index (Phi) is 3.73. The second-order valence-corrected chi connectivity index (χ2v) is 5.12. The molecule has 0 amide bonds. The van der Waals surface area contributed by atoms with Gasteiger partial charge >= 0.3 is 0 Å². The van der Waals surface area contributed by atoms with E-state index in [1.54, 1.807) is 0 Å². The van der Waals surface area contributed by atoms with Gasteiger partial charge in [0.05, 0.1) is 12.7 Å². The Balaban J connectivity index is 2.83. The molecule has 1 fully saturated rings. The molecule has 0 spiro atoms. The molecule has 15 heavy (non-hydrogen) atoms. The van der Waals surface area contributed by atoms with E-state index in [1.165, 1.54) is 0 Å². The van der Waals surface area contributed by atoms with Crippen LogP contribution < -0.4 is 0 Å². The lowest BCUT2D eigenvalue weighted by Gasteiger charge is -2.45. The van der Waals surface area contributed by atoms with E-state index >= 15 is 0 Å². The molecule has 90 valence electrons. The quantitative estimate of drug-likeness (QED) is 0.449. The summed E-state index contributed by atoms with van der Waals surface area (Å²) in [5.41, 5.74) is -0.367. The van der Waals surface area contributed by atoms with Crippen LogP contribution in [0.2, 0.25) is 0 Å². The molecule has 0 aromatic carbocycles. The summed E-state index contributed by atoms with van der Waals surface area (Å²) in [6, 6.07) is 0. The molecule has 1 saturated heterocycles. The molecule has 0 bridgehead atoms. The molecule has 0 aromatic rings. The Bertz CT molecular complexity index is 210. The van der Waals surface area contributed by atoms with Gasteiger partial charge in [-0.15, -0.1) is 0 Å². The smallest absolute Gasteiger partial charge is 0.111 e. The average Bonchev–Trinajstić information content (AvgIpc) is 2.13. The average molecular weight is 220 g/mol. The zero-order valence-electron chi connectivity index (χ0n) is 9.29. The van der Waals surface area contributed by atoms with Crippen molar-refractivity contribution >= 4 is 0 Å². The van der Waals surface area contributed by atoms with E-state index < -0.39 is 30.5 Å². The van der Waals surface area contributed by atoms with Gasteiger partial charge in [0, 0.05) is 0 Å². The summed E-state index contributed by atoms with van der Waals surface area (Å²) >= 11 is 0. The predicted octanol–water partition coefficient (Wildman–Crippen LogP) is -1.13. The van der Waals surface area contributed by atoms with Crippen molar-refractivity contribution in [3.05, 3.63) is 0 Å². The monoisotopic (exact) mass is 220 g/mol. The number of hydrogen-bond donors (Lipinski definition) is 4. The maximum atomic E-state index is 9.74. The fourth-order valence-corrected chi connectivity index (χ4v) is 1.82. The minimum atomic E-state index is -1.28. The molecule has 5 atom stereocenters. The number of rotatable bonds is 1. The highest BCUT2D eigenvalue weighted by molar-refractivity contribution is 4.96. The van der Waals surface area contributed by atoms with Crippen molar-refractivity contribution in [1.29, 1.82) is 0 Å². The van der Waals surface area contributed by atoms with Crippen molar-refractivity contribution in [1.82, 2.24) is 0 Å². The highest BCUT2D eigenvalue weighted by Crippen LogP contribution is 2.32. The molecule has 1 heterocycles. The SMILES string of the molecule is CC(C)(C)C1OC(CO)[C@H](O)[C@@H](O)[C@@H]1O. The fraction of sp³-hybridized carbons (Fsp3) is 1.00. The highest BCUT2D eigenvalue weighted by Gasteiger charge is 2.47. The Morgan fingerprint density at radius 1 is 1.00 bits per heavy atom. The maximum absolute atomic E-state index is 9.74. The van der Waals surface area contributed by atoms with Crippen LogP contribution in [0, 0.1) is 5.41 Å². The molecule has 1 aliphatic heterocycles. The number of aliphatic hydroxyl groups is 4. The molecule has 4 N–H and O–H groups in total. The normalized spacial score (nSPS) is 43.0. The lowest BCUT2D eigenvalue weighted by atomic mass is 9.80. The van der Waals surface area contributed by atoms with Gasteiger partial charge in [-0.05, 0) is 5.41 Å². The van der Waals surface area contributed by atoms with Gasteiger partial charge < -0.3 is 25.2 Å². The Labute approximate surface area is 89.3 Å². The molecule has 5 nitrogen and oxygen atoms in total. The van der Waals surface area contributed by atoms with E-state index in [0.29, 0.717) is 0 Å². The molecular weight excluding hydrogens is 200 g/mol. The first-order valence-electron chi connectivity index (χ1n) is 5.09. The molecule has 5 heteroatoms. The second kappa shape index (κ2) is 4.35. The second-order valence-electron chi connectivity index (χ2n) is 5.12. The summed E-state index contributed by atoms with van der Waals surface area (Å²) in [4.78, 5) is 0. The molecule has 1 aliphatic rings. The lowest BCUT2D eigenvalue weighted by molar-refractivity contribution is -0.250. The van der Waals surface area contributed by atoms with Gasteiger partial charge in [0.15, 0.2) is 0 Å². The zero-order valence-corrected chi connectivity index (χ0v) is 9.29. The maximum Gasteiger partial charge on any atom is 0.111 e. The number of aliphatic hydroxyl groups excluding tert-OH is 4. The van der Waals surface area contributed by atoms with Crippen LogP contribution in [0.25, 0.3) is 0 Å². The predicted molar refractivity (Wildman–Crippen MR) is 53.2 cm³/mol. The number of ether oxygens (including phenoxy) is 1. The molecule has 2 unspecified atom stereocenters. The minimum Gasteiger partial charge on any atom is -0.394 e. The van der Waals surface area contributed by atoms with Crippen molar-refractivity contribution in [2.75, 3.05) is 6.61 Å². The summed E-state index contributed by atoms with van der Waals surface area (Å²) in [6.45, 7) is 5.21. The van der Waals surface area contributed by atoms with Gasteiger partial charge in [0.1, 0.15) is 24.4 Å². The standard InChI is InChI=1S/C10H20O5/c1-10(2,3)9-8(14)7(13)6(12)5(4-11)15-9/h5-9,11-14H,4H2,1-3H3/t5?,6-,7+,8-,9?/m0/s1. The summed E-state index contributed by atoms with van der Waals surface area (Å²) in [5.74, 6) is 0. The van der Waals surface area contributed by atoms with Gasteiger partial charge in [-0.2, -0.15) is 0 Å². The van der Waals surface area contributed by atoms with E-state index in [2.05, 4.69) is 0 Å². The first kappa shape index (κ1) is 12.9. The van der Waals surface area contributed by atoms with E-state index in [1.807, 2.05) is 20.8 Å². The van der Waals surface area contributed by atoms with E-state index in [0.717, 1.165) is 0 Å². The van der Waals surface area contributed by atoms with Crippen molar-refractivity contribution in [2.24, 2.45) is 5.41 Å². The number of hydrogen-bond acceptors (Lipinski definition) is 5. The van der Waals surface area contributed by atoms with Crippen LogP contribution >= 0.6 is 0 Å². The van der Waals surface area contributed by atoms with Gasteiger partial charge in [0.2, 0.25) is 0 Å². The summed E-state index contributed by atoms with van der Waals surface area (Å²) < 4.78 is 5.38. The van der Waals surface area contributed by atoms with E-state index in [4.69, 9.17) is 9.84 Å². The van der Waals surface area contributed by atoms with Gasteiger partial charge in [-0.25, -0.2) is 0 Å². The fourth-order valence-electron chi connectivity index (χ4n) is 1.82. The Hall–Kier alpha value is -0.200. The minimum absolute atomic E-state index is 0.367. The van der Waals surface area contributed by atoms with E-state index in [-0.39, 0.29) is 12.0 Å². The van der Waals surface area contributed by atoms with Crippen molar-refractivity contribution < 1.29 is 25.2 Å². The van der Waals surface area contributed by atoms with Gasteiger partial charge in [-0.1, -0.05) is 20.8 Å². The zero-order chi connectivity index (χ0) is 11.8. The third-order valence-electron chi connectivity index (χ3n) is 2.75. The van der Waals surface area contributed by atoms with Crippen molar-refractivity contribution in [3.63, 3.8) is 0 Å². The molecule has 0 radical (unpaired) electrons. The van der Waals surface area contributed by atoms with Crippen molar-refractivity contribution in [2.45, 2.75) is 51.3 Å². The van der Waals surface area contributed by atoms with Crippen LogP contribution in [0.4, 0.5) is 0 Å². The lowest BCUT2D eigenvalue weighted by Crippen LogP contribution is -2.61. The van der Waals surface area contributed by atoms with Crippen LogP contribution in [-0.2, 0) is 4.74 Å². The highest BCUT2D eigenvalue weighted by atomic mass is 16.5.